The number of hydrogen-bond donors (Lipinski definition) is 2. The maximum Gasteiger partial charge on any atom is 0.252 e. The lowest BCUT2D eigenvalue weighted by Gasteiger charge is -2.10. The molecule has 6 heteroatoms. The molecule has 0 radical (unpaired) electrons. The number of carbonyl (C=O) groups excluding carboxylic acids is 1. The molecule has 1 aromatic carbocycles. The van der Waals surface area contributed by atoms with Gasteiger partial charge in [-0.15, -0.1) is 0 Å². The molecule has 0 bridgehead atoms. The predicted octanol–water partition coefficient (Wildman–Crippen LogP) is 0.725. The normalized spacial score (nSPS) is 11.1. The number of carbonyl (C=O) groups is 1. The third-order valence-electron chi connectivity index (χ3n) is 2.40. The Morgan fingerprint density at radius 3 is 2.58 bits per heavy atom. The molecular formula is C13H18N2O3S. The van der Waals surface area contributed by atoms with Gasteiger partial charge in [-0.25, -0.2) is 8.42 Å². The SMILES string of the molecule is C=C(C)CNC(=O)c1ccccc1S(=O)(=O)CCN. The Morgan fingerprint density at radius 2 is 2.00 bits per heavy atom. The van der Waals surface area contributed by atoms with Crippen LogP contribution < -0.4 is 11.1 Å². The van der Waals surface area contributed by atoms with E-state index < -0.39 is 15.7 Å². The smallest absolute Gasteiger partial charge is 0.252 e. The summed E-state index contributed by atoms with van der Waals surface area (Å²) in [5.74, 6) is -0.614. The first kappa shape index (κ1) is 15.4. The van der Waals surface area contributed by atoms with Crippen LogP contribution in [0.2, 0.25) is 0 Å². The van der Waals surface area contributed by atoms with Gasteiger partial charge < -0.3 is 11.1 Å². The Kier molecular flexibility index (Phi) is 5.26. The first-order valence-corrected chi connectivity index (χ1v) is 7.48. The summed E-state index contributed by atoms with van der Waals surface area (Å²) in [5.41, 5.74) is 6.21. The van der Waals surface area contributed by atoms with Gasteiger partial charge in [0.2, 0.25) is 0 Å². The summed E-state index contributed by atoms with van der Waals surface area (Å²) in [6, 6.07) is 6.11. The Bertz CT molecular complexity index is 579. The summed E-state index contributed by atoms with van der Waals surface area (Å²) in [4.78, 5) is 12.0. The molecule has 0 spiro atoms. The van der Waals surface area contributed by atoms with Gasteiger partial charge in [0.1, 0.15) is 0 Å². The van der Waals surface area contributed by atoms with E-state index in [0.29, 0.717) is 6.54 Å². The fourth-order valence-electron chi connectivity index (χ4n) is 1.52. The summed E-state index contributed by atoms with van der Waals surface area (Å²) < 4.78 is 24.0. The zero-order valence-electron chi connectivity index (χ0n) is 10.8. The van der Waals surface area contributed by atoms with Gasteiger partial charge in [0.05, 0.1) is 16.2 Å². The number of rotatable bonds is 6. The maximum absolute atomic E-state index is 12.0. The van der Waals surface area contributed by atoms with Crippen molar-refractivity contribution in [2.45, 2.75) is 11.8 Å². The van der Waals surface area contributed by atoms with Gasteiger partial charge in [0.25, 0.3) is 5.91 Å². The molecule has 104 valence electrons. The van der Waals surface area contributed by atoms with Crippen molar-refractivity contribution >= 4 is 15.7 Å². The lowest BCUT2D eigenvalue weighted by Crippen LogP contribution is -2.27. The van der Waals surface area contributed by atoms with E-state index in [1.807, 2.05) is 0 Å². The highest BCUT2D eigenvalue weighted by molar-refractivity contribution is 7.91. The van der Waals surface area contributed by atoms with E-state index in [-0.39, 0.29) is 22.8 Å². The minimum Gasteiger partial charge on any atom is -0.348 e. The minimum atomic E-state index is -3.53. The van der Waals surface area contributed by atoms with Gasteiger partial charge in [0, 0.05) is 13.1 Å². The van der Waals surface area contributed by atoms with Crippen LogP contribution in [-0.2, 0) is 9.84 Å². The highest BCUT2D eigenvalue weighted by Crippen LogP contribution is 2.16. The van der Waals surface area contributed by atoms with Crippen molar-refractivity contribution < 1.29 is 13.2 Å². The molecule has 3 N–H and O–H groups in total. The molecule has 0 saturated carbocycles. The summed E-state index contributed by atoms with van der Waals surface area (Å²) in [6.45, 7) is 5.77. The third kappa shape index (κ3) is 4.18. The van der Waals surface area contributed by atoms with Crippen molar-refractivity contribution in [3.05, 3.63) is 42.0 Å². The third-order valence-corrected chi connectivity index (χ3v) is 4.20. The van der Waals surface area contributed by atoms with Crippen LogP contribution in [0, 0.1) is 0 Å². The molecule has 0 unspecified atom stereocenters. The molecule has 1 aromatic rings. The van der Waals surface area contributed by atoms with E-state index in [4.69, 9.17) is 5.73 Å². The lowest BCUT2D eigenvalue weighted by molar-refractivity contribution is 0.0953. The average molecular weight is 282 g/mol. The second kappa shape index (κ2) is 6.49. The van der Waals surface area contributed by atoms with E-state index in [0.717, 1.165) is 5.57 Å². The number of benzene rings is 1. The fraction of sp³-hybridized carbons (Fsp3) is 0.308. The molecule has 0 aromatic heterocycles. The molecule has 19 heavy (non-hydrogen) atoms. The number of sulfone groups is 1. The van der Waals surface area contributed by atoms with E-state index in [2.05, 4.69) is 11.9 Å². The summed E-state index contributed by atoms with van der Waals surface area (Å²) in [7, 11) is -3.53. The van der Waals surface area contributed by atoms with E-state index >= 15 is 0 Å². The van der Waals surface area contributed by atoms with Crippen LogP contribution in [0.1, 0.15) is 17.3 Å². The molecule has 0 saturated heterocycles. The standard InChI is InChI=1S/C13H18N2O3S/c1-10(2)9-15-13(16)11-5-3-4-6-12(11)19(17,18)8-7-14/h3-6H,1,7-9,14H2,2H3,(H,15,16). The van der Waals surface area contributed by atoms with Crippen LogP contribution >= 0.6 is 0 Å². The molecular weight excluding hydrogens is 264 g/mol. The Hall–Kier alpha value is -1.66. The minimum absolute atomic E-state index is 0.0136. The molecule has 1 rings (SSSR count). The zero-order valence-corrected chi connectivity index (χ0v) is 11.7. The molecule has 0 fully saturated rings. The van der Waals surface area contributed by atoms with Gasteiger partial charge in [-0.05, 0) is 19.1 Å². The summed E-state index contributed by atoms with van der Waals surface area (Å²) >= 11 is 0. The Labute approximate surface area is 113 Å². The van der Waals surface area contributed by atoms with Crippen LogP contribution in [0.15, 0.2) is 41.3 Å². The van der Waals surface area contributed by atoms with Crippen LogP contribution in [0.5, 0.6) is 0 Å². The molecule has 0 aliphatic rings. The van der Waals surface area contributed by atoms with Gasteiger partial charge in [-0.3, -0.25) is 4.79 Å². The molecule has 0 aliphatic heterocycles. The van der Waals surface area contributed by atoms with E-state index in [1.54, 1.807) is 19.1 Å². The van der Waals surface area contributed by atoms with Crippen molar-refractivity contribution in [1.29, 1.82) is 0 Å². The molecule has 0 heterocycles. The monoisotopic (exact) mass is 282 g/mol. The van der Waals surface area contributed by atoms with Crippen molar-refractivity contribution in [3.8, 4) is 0 Å². The first-order chi connectivity index (χ1) is 8.88. The topological polar surface area (TPSA) is 89.3 Å². The molecule has 1 amide bonds. The van der Waals surface area contributed by atoms with Gasteiger partial charge in [0.15, 0.2) is 9.84 Å². The zero-order chi connectivity index (χ0) is 14.5. The van der Waals surface area contributed by atoms with Crippen molar-refractivity contribution in [1.82, 2.24) is 5.32 Å². The molecule has 0 aliphatic carbocycles. The maximum atomic E-state index is 12.0. The summed E-state index contributed by atoms with van der Waals surface area (Å²) in [5, 5.41) is 2.62. The first-order valence-electron chi connectivity index (χ1n) is 5.83. The van der Waals surface area contributed by atoms with Gasteiger partial charge in [-0.1, -0.05) is 24.3 Å². The van der Waals surface area contributed by atoms with E-state index in [1.165, 1.54) is 12.1 Å². The summed E-state index contributed by atoms with van der Waals surface area (Å²) in [6.07, 6.45) is 0. The van der Waals surface area contributed by atoms with Gasteiger partial charge >= 0.3 is 0 Å². The number of amides is 1. The van der Waals surface area contributed by atoms with Crippen molar-refractivity contribution in [2.75, 3.05) is 18.8 Å². The Morgan fingerprint density at radius 1 is 1.37 bits per heavy atom. The van der Waals surface area contributed by atoms with Crippen molar-refractivity contribution in [2.24, 2.45) is 5.73 Å². The second-order valence-electron chi connectivity index (χ2n) is 4.24. The van der Waals surface area contributed by atoms with Crippen LogP contribution in [0.4, 0.5) is 0 Å². The van der Waals surface area contributed by atoms with Gasteiger partial charge in [-0.2, -0.15) is 0 Å². The van der Waals surface area contributed by atoms with Crippen LogP contribution in [0.3, 0.4) is 0 Å². The fourth-order valence-corrected chi connectivity index (χ4v) is 2.83. The quantitative estimate of drug-likeness (QED) is 0.753. The van der Waals surface area contributed by atoms with Crippen molar-refractivity contribution in [3.63, 3.8) is 0 Å². The predicted molar refractivity (Wildman–Crippen MR) is 74.7 cm³/mol. The van der Waals surface area contributed by atoms with Crippen LogP contribution in [-0.4, -0.2) is 33.2 Å². The lowest BCUT2D eigenvalue weighted by atomic mass is 10.2. The number of nitrogens with one attached hydrogen (secondary N) is 1. The highest BCUT2D eigenvalue weighted by Gasteiger charge is 2.21. The van der Waals surface area contributed by atoms with Crippen LogP contribution in [0.25, 0.3) is 0 Å². The Balaban J connectivity index is 3.09. The highest BCUT2D eigenvalue weighted by atomic mass is 32.2. The largest absolute Gasteiger partial charge is 0.348 e. The second-order valence-corrected chi connectivity index (χ2v) is 6.32. The van der Waals surface area contributed by atoms with E-state index in [9.17, 15) is 13.2 Å². The molecule has 5 nitrogen and oxygen atoms in total. The molecule has 0 atom stereocenters. The average Bonchev–Trinajstić information content (AvgIpc) is 2.36. The number of hydrogen-bond acceptors (Lipinski definition) is 4. The number of nitrogens with two attached hydrogens (primary N) is 1.